The topological polar surface area (TPSA) is 66.8 Å². The standard InChI is InChI=1S/C14H14BrNO4S/c1-3-16-13(18)12(21-14(16)19)6-8-5-11(20-4-2)10(17)7-9(8)15/h5-7,17H,3-4H2,1-2H3/b12-6-. The molecule has 1 aliphatic heterocycles. The van der Waals surface area contributed by atoms with Gasteiger partial charge in [-0.05, 0) is 49.4 Å². The molecule has 0 radical (unpaired) electrons. The molecule has 1 aliphatic rings. The van der Waals surface area contributed by atoms with Crippen LogP contribution in [0.5, 0.6) is 11.5 Å². The van der Waals surface area contributed by atoms with Gasteiger partial charge in [0, 0.05) is 11.0 Å². The molecule has 0 aromatic heterocycles. The maximum Gasteiger partial charge on any atom is 0.293 e. The Kier molecular flexibility index (Phi) is 4.95. The molecule has 1 saturated heterocycles. The second-order valence-electron chi connectivity index (χ2n) is 4.20. The van der Waals surface area contributed by atoms with Gasteiger partial charge in [0.2, 0.25) is 0 Å². The molecule has 0 aliphatic carbocycles. The van der Waals surface area contributed by atoms with Crippen molar-refractivity contribution in [2.45, 2.75) is 13.8 Å². The van der Waals surface area contributed by atoms with Gasteiger partial charge < -0.3 is 9.84 Å². The maximum atomic E-state index is 12.1. The van der Waals surface area contributed by atoms with Gasteiger partial charge in [0.25, 0.3) is 11.1 Å². The van der Waals surface area contributed by atoms with Gasteiger partial charge in [0.1, 0.15) is 0 Å². The lowest BCUT2D eigenvalue weighted by Crippen LogP contribution is -2.27. The van der Waals surface area contributed by atoms with Gasteiger partial charge in [-0.25, -0.2) is 0 Å². The van der Waals surface area contributed by atoms with Crippen molar-refractivity contribution in [3.63, 3.8) is 0 Å². The summed E-state index contributed by atoms with van der Waals surface area (Å²) in [5.74, 6) is 0.0506. The molecule has 0 unspecified atom stereocenters. The summed E-state index contributed by atoms with van der Waals surface area (Å²) in [4.78, 5) is 25.3. The van der Waals surface area contributed by atoms with Crippen LogP contribution < -0.4 is 4.74 Å². The normalized spacial score (nSPS) is 16.9. The second-order valence-corrected chi connectivity index (χ2v) is 6.05. The smallest absolute Gasteiger partial charge is 0.293 e. The summed E-state index contributed by atoms with van der Waals surface area (Å²) in [5.41, 5.74) is 0.665. The summed E-state index contributed by atoms with van der Waals surface area (Å²) in [7, 11) is 0. The van der Waals surface area contributed by atoms with E-state index in [4.69, 9.17) is 4.74 Å². The van der Waals surface area contributed by atoms with E-state index < -0.39 is 0 Å². The Morgan fingerprint density at radius 1 is 1.38 bits per heavy atom. The molecule has 0 atom stereocenters. The summed E-state index contributed by atoms with van der Waals surface area (Å²) in [6, 6.07) is 3.13. The highest BCUT2D eigenvalue weighted by Crippen LogP contribution is 2.37. The predicted molar refractivity (Wildman–Crippen MR) is 85.3 cm³/mol. The van der Waals surface area contributed by atoms with Crippen LogP contribution in [0.15, 0.2) is 21.5 Å². The zero-order valence-electron chi connectivity index (χ0n) is 11.6. The summed E-state index contributed by atoms with van der Waals surface area (Å²) in [5, 5.41) is 9.50. The number of amides is 2. The SMILES string of the molecule is CCOc1cc(/C=C2\SC(=O)N(CC)C2=O)c(Br)cc1O. The molecule has 2 amide bonds. The molecule has 0 saturated carbocycles. The number of hydrogen-bond donors (Lipinski definition) is 1. The fourth-order valence-corrected chi connectivity index (χ4v) is 3.19. The average Bonchev–Trinajstić information content (AvgIpc) is 2.69. The fourth-order valence-electron chi connectivity index (χ4n) is 1.85. The zero-order chi connectivity index (χ0) is 15.6. The number of nitrogens with zero attached hydrogens (tertiary/aromatic N) is 1. The van der Waals surface area contributed by atoms with Crippen LogP contribution in [0, 0.1) is 0 Å². The number of likely N-dealkylation sites (N-methyl/N-ethyl adjacent to an activating group) is 1. The van der Waals surface area contributed by atoms with E-state index in [0.29, 0.717) is 33.8 Å². The van der Waals surface area contributed by atoms with Crippen molar-refractivity contribution in [1.29, 1.82) is 0 Å². The summed E-state index contributed by atoms with van der Waals surface area (Å²) in [6.07, 6.45) is 1.62. The van der Waals surface area contributed by atoms with Gasteiger partial charge in [-0.2, -0.15) is 0 Å². The minimum Gasteiger partial charge on any atom is -0.504 e. The Morgan fingerprint density at radius 2 is 2.10 bits per heavy atom. The number of ether oxygens (including phenoxy) is 1. The lowest BCUT2D eigenvalue weighted by Gasteiger charge is -2.09. The number of benzene rings is 1. The van der Waals surface area contributed by atoms with E-state index in [-0.39, 0.29) is 16.9 Å². The lowest BCUT2D eigenvalue weighted by atomic mass is 10.2. The van der Waals surface area contributed by atoms with Gasteiger partial charge in [-0.3, -0.25) is 14.5 Å². The van der Waals surface area contributed by atoms with Crippen molar-refractivity contribution < 1.29 is 19.4 Å². The number of carbonyl (C=O) groups excluding carboxylic acids is 2. The number of rotatable bonds is 4. The van der Waals surface area contributed by atoms with E-state index in [0.717, 1.165) is 11.8 Å². The highest BCUT2D eigenvalue weighted by atomic mass is 79.9. The van der Waals surface area contributed by atoms with Gasteiger partial charge >= 0.3 is 0 Å². The van der Waals surface area contributed by atoms with Crippen LogP contribution in [-0.2, 0) is 4.79 Å². The van der Waals surface area contributed by atoms with Crippen LogP contribution in [0.1, 0.15) is 19.4 Å². The van der Waals surface area contributed by atoms with Crippen LogP contribution in [-0.4, -0.2) is 34.3 Å². The third-order valence-electron chi connectivity index (χ3n) is 2.85. The molecule has 1 aromatic rings. The van der Waals surface area contributed by atoms with E-state index in [1.54, 1.807) is 19.1 Å². The zero-order valence-corrected chi connectivity index (χ0v) is 14.0. The highest BCUT2D eigenvalue weighted by molar-refractivity contribution is 9.10. The van der Waals surface area contributed by atoms with Gasteiger partial charge in [0.05, 0.1) is 11.5 Å². The minimum absolute atomic E-state index is 0.0162. The first-order valence-electron chi connectivity index (χ1n) is 6.38. The van der Waals surface area contributed by atoms with Crippen molar-refractivity contribution in [1.82, 2.24) is 4.90 Å². The minimum atomic E-state index is -0.301. The molecular formula is C14H14BrNO4S. The molecule has 1 N–H and O–H groups in total. The first-order chi connectivity index (χ1) is 9.97. The van der Waals surface area contributed by atoms with Crippen LogP contribution >= 0.6 is 27.7 Å². The Bertz CT molecular complexity index is 630. The Hall–Kier alpha value is -1.47. The second kappa shape index (κ2) is 6.53. The maximum absolute atomic E-state index is 12.1. The van der Waals surface area contributed by atoms with Gasteiger partial charge in [0.15, 0.2) is 11.5 Å². The van der Waals surface area contributed by atoms with Crippen molar-refractivity contribution in [2.24, 2.45) is 0 Å². The van der Waals surface area contributed by atoms with E-state index in [1.807, 2.05) is 6.92 Å². The van der Waals surface area contributed by atoms with Crippen molar-refractivity contribution in [3.8, 4) is 11.5 Å². The van der Waals surface area contributed by atoms with E-state index in [1.165, 1.54) is 11.0 Å². The Labute approximate surface area is 135 Å². The molecule has 1 fully saturated rings. The quantitative estimate of drug-likeness (QED) is 0.818. The molecule has 0 spiro atoms. The van der Waals surface area contributed by atoms with Crippen LogP contribution in [0.3, 0.4) is 0 Å². The predicted octanol–water partition coefficient (Wildman–Crippen LogP) is 3.61. The highest BCUT2D eigenvalue weighted by Gasteiger charge is 2.33. The van der Waals surface area contributed by atoms with Crippen molar-refractivity contribution in [3.05, 3.63) is 27.1 Å². The molecule has 1 aromatic carbocycles. The summed E-state index contributed by atoms with van der Waals surface area (Å²) >= 11 is 4.24. The number of phenolic OH excluding ortho intramolecular Hbond substituents is 1. The van der Waals surface area contributed by atoms with Crippen LogP contribution in [0.4, 0.5) is 4.79 Å². The lowest BCUT2D eigenvalue weighted by molar-refractivity contribution is -0.122. The van der Waals surface area contributed by atoms with Crippen LogP contribution in [0.25, 0.3) is 6.08 Å². The number of carbonyl (C=O) groups is 2. The Balaban J connectivity index is 2.39. The van der Waals surface area contributed by atoms with Gasteiger partial charge in [-0.1, -0.05) is 15.9 Å². The average molecular weight is 372 g/mol. The third kappa shape index (κ3) is 3.24. The van der Waals surface area contributed by atoms with Crippen LogP contribution in [0.2, 0.25) is 0 Å². The molecule has 2 rings (SSSR count). The van der Waals surface area contributed by atoms with E-state index >= 15 is 0 Å². The van der Waals surface area contributed by atoms with E-state index in [9.17, 15) is 14.7 Å². The monoisotopic (exact) mass is 371 g/mol. The number of halogens is 1. The summed E-state index contributed by atoms with van der Waals surface area (Å²) < 4.78 is 5.94. The molecule has 7 heteroatoms. The molecule has 1 heterocycles. The largest absolute Gasteiger partial charge is 0.504 e. The molecule has 21 heavy (non-hydrogen) atoms. The van der Waals surface area contributed by atoms with E-state index in [2.05, 4.69) is 15.9 Å². The molecular weight excluding hydrogens is 358 g/mol. The number of imide groups is 1. The molecule has 112 valence electrons. The summed E-state index contributed by atoms with van der Waals surface area (Å²) in [6.45, 7) is 4.33. The number of thioether (sulfide) groups is 1. The van der Waals surface area contributed by atoms with Crippen molar-refractivity contribution in [2.75, 3.05) is 13.2 Å². The fraction of sp³-hybridized carbons (Fsp3) is 0.286. The number of aromatic hydroxyl groups is 1. The molecule has 0 bridgehead atoms. The third-order valence-corrected chi connectivity index (χ3v) is 4.45. The van der Waals surface area contributed by atoms with Crippen molar-refractivity contribution >= 4 is 44.9 Å². The first-order valence-corrected chi connectivity index (χ1v) is 7.99. The number of phenols is 1. The first kappa shape index (κ1) is 15.9. The molecule has 5 nitrogen and oxygen atoms in total. The van der Waals surface area contributed by atoms with Gasteiger partial charge in [-0.15, -0.1) is 0 Å². The Morgan fingerprint density at radius 3 is 2.67 bits per heavy atom. The number of hydrogen-bond acceptors (Lipinski definition) is 5.